The fourth-order valence-electron chi connectivity index (χ4n) is 2.56. The van der Waals surface area contributed by atoms with Gasteiger partial charge in [0.2, 0.25) is 0 Å². The molecule has 2 heteroatoms. The smallest absolute Gasteiger partial charge is 0.163 e. The molecule has 0 amide bonds. The Hall–Kier alpha value is -1.83. The lowest BCUT2D eigenvalue weighted by molar-refractivity contribution is 0.101. The molecular weight excluding hydrogens is 260 g/mol. The summed E-state index contributed by atoms with van der Waals surface area (Å²) in [7, 11) is 0. The first-order valence-electron chi connectivity index (χ1n) is 7.89. The molecule has 0 aliphatic heterocycles. The molecular formula is C19H24O2. The van der Waals surface area contributed by atoms with Crippen LogP contribution in [-0.4, -0.2) is 12.4 Å². The molecule has 0 fully saturated rings. The molecule has 21 heavy (non-hydrogen) atoms. The maximum Gasteiger partial charge on any atom is 0.163 e. The third kappa shape index (κ3) is 4.07. The predicted molar refractivity (Wildman–Crippen MR) is 88.2 cm³/mol. The van der Waals surface area contributed by atoms with Crippen molar-refractivity contribution in [2.24, 2.45) is 0 Å². The van der Waals surface area contributed by atoms with Crippen LogP contribution < -0.4 is 4.74 Å². The number of benzene rings is 2. The number of hydrogen-bond donors (Lipinski definition) is 0. The number of unbranched alkanes of at least 4 members (excludes halogenated alkanes) is 4. The van der Waals surface area contributed by atoms with Crippen LogP contribution >= 0.6 is 0 Å². The predicted octanol–water partition coefficient (Wildman–Crippen LogP) is 5.39. The highest BCUT2D eigenvalue weighted by molar-refractivity contribution is 6.03. The molecule has 2 nitrogen and oxygen atoms in total. The van der Waals surface area contributed by atoms with Gasteiger partial charge in [-0.2, -0.15) is 0 Å². The summed E-state index contributed by atoms with van der Waals surface area (Å²) in [6.07, 6.45) is 6.02. The number of fused-ring (bicyclic) bond motifs is 1. The number of hydrogen-bond acceptors (Lipinski definition) is 2. The number of Topliss-reactive ketones (excluding diaryl/α,β-unsaturated/α-hetero) is 1. The Morgan fingerprint density at radius 3 is 2.52 bits per heavy atom. The van der Waals surface area contributed by atoms with Gasteiger partial charge in [-0.3, -0.25) is 4.79 Å². The third-order valence-corrected chi connectivity index (χ3v) is 3.75. The number of carbonyl (C=O) groups is 1. The normalized spacial score (nSPS) is 10.8. The van der Waals surface area contributed by atoms with E-state index in [2.05, 4.69) is 6.92 Å². The van der Waals surface area contributed by atoms with E-state index in [0.29, 0.717) is 12.2 Å². The molecule has 112 valence electrons. The molecule has 0 aliphatic rings. The zero-order chi connectivity index (χ0) is 15.1. The van der Waals surface area contributed by atoms with Crippen LogP contribution in [0.4, 0.5) is 0 Å². The van der Waals surface area contributed by atoms with Crippen molar-refractivity contribution in [1.82, 2.24) is 0 Å². The Morgan fingerprint density at radius 2 is 1.76 bits per heavy atom. The third-order valence-electron chi connectivity index (χ3n) is 3.75. The number of ether oxygens (including phenoxy) is 1. The second kappa shape index (κ2) is 7.82. The molecule has 2 aromatic rings. The van der Waals surface area contributed by atoms with Gasteiger partial charge in [0.15, 0.2) is 5.78 Å². The average molecular weight is 284 g/mol. The first kappa shape index (κ1) is 15.6. The van der Waals surface area contributed by atoms with Crippen LogP contribution in [0.2, 0.25) is 0 Å². The van der Waals surface area contributed by atoms with Crippen LogP contribution in [0.5, 0.6) is 5.75 Å². The quantitative estimate of drug-likeness (QED) is 0.480. The summed E-state index contributed by atoms with van der Waals surface area (Å²) in [5.41, 5.74) is 0.683. The van der Waals surface area contributed by atoms with Gasteiger partial charge in [0, 0.05) is 5.39 Å². The molecule has 0 heterocycles. The van der Waals surface area contributed by atoms with E-state index in [1.165, 1.54) is 25.7 Å². The van der Waals surface area contributed by atoms with Crippen molar-refractivity contribution in [3.63, 3.8) is 0 Å². The van der Waals surface area contributed by atoms with E-state index in [1.54, 1.807) is 6.92 Å². The zero-order valence-corrected chi connectivity index (χ0v) is 13.0. The summed E-state index contributed by atoms with van der Waals surface area (Å²) >= 11 is 0. The molecule has 0 aromatic heterocycles. The lowest BCUT2D eigenvalue weighted by Crippen LogP contribution is -2.03. The standard InChI is InChI=1S/C19H24O2/c1-3-4-5-6-9-14-21-19-17(15(2)20)13-12-16-10-7-8-11-18(16)19/h7-8,10-13H,3-6,9,14H2,1-2H3. The molecule has 0 N–H and O–H groups in total. The molecule has 0 spiro atoms. The first-order chi connectivity index (χ1) is 10.2. The van der Waals surface area contributed by atoms with Crippen molar-refractivity contribution in [1.29, 1.82) is 0 Å². The van der Waals surface area contributed by atoms with E-state index in [1.807, 2.05) is 36.4 Å². The molecule has 0 atom stereocenters. The summed E-state index contributed by atoms with van der Waals surface area (Å²) in [5, 5.41) is 2.14. The number of ketones is 1. The van der Waals surface area contributed by atoms with Crippen molar-refractivity contribution in [2.75, 3.05) is 6.61 Å². The molecule has 0 saturated carbocycles. The van der Waals surface area contributed by atoms with Crippen molar-refractivity contribution in [2.45, 2.75) is 46.0 Å². The van der Waals surface area contributed by atoms with Gasteiger partial charge >= 0.3 is 0 Å². The largest absolute Gasteiger partial charge is 0.492 e. The molecule has 0 aliphatic carbocycles. The van der Waals surface area contributed by atoms with Crippen molar-refractivity contribution >= 4 is 16.6 Å². The Balaban J connectivity index is 2.12. The molecule has 2 aromatic carbocycles. The van der Waals surface area contributed by atoms with Gasteiger partial charge in [-0.1, -0.05) is 62.9 Å². The van der Waals surface area contributed by atoms with E-state index >= 15 is 0 Å². The summed E-state index contributed by atoms with van der Waals surface area (Å²) < 4.78 is 5.97. The second-order valence-electron chi connectivity index (χ2n) is 5.48. The van der Waals surface area contributed by atoms with E-state index < -0.39 is 0 Å². The fraction of sp³-hybridized carbons (Fsp3) is 0.421. The van der Waals surface area contributed by atoms with Crippen LogP contribution in [0, 0.1) is 0 Å². The van der Waals surface area contributed by atoms with Crippen LogP contribution in [0.3, 0.4) is 0 Å². The Morgan fingerprint density at radius 1 is 1.00 bits per heavy atom. The van der Waals surface area contributed by atoms with Gasteiger partial charge in [-0.15, -0.1) is 0 Å². The van der Waals surface area contributed by atoms with Gasteiger partial charge in [0.05, 0.1) is 12.2 Å². The van der Waals surface area contributed by atoms with Crippen molar-refractivity contribution in [3.05, 3.63) is 42.0 Å². The zero-order valence-electron chi connectivity index (χ0n) is 13.0. The Labute approximate surface area is 127 Å². The number of rotatable bonds is 8. The lowest BCUT2D eigenvalue weighted by atomic mass is 10.0. The monoisotopic (exact) mass is 284 g/mol. The second-order valence-corrected chi connectivity index (χ2v) is 5.48. The minimum Gasteiger partial charge on any atom is -0.492 e. The maximum atomic E-state index is 11.8. The first-order valence-corrected chi connectivity index (χ1v) is 7.89. The summed E-state index contributed by atoms with van der Waals surface area (Å²) in [5.74, 6) is 0.804. The van der Waals surface area contributed by atoms with Crippen molar-refractivity contribution in [3.8, 4) is 5.75 Å². The summed E-state index contributed by atoms with van der Waals surface area (Å²) in [6, 6.07) is 11.9. The van der Waals surface area contributed by atoms with E-state index in [-0.39, 0.29) is 5.78 Å². The molecule has 0 saturated heterocycles. The van der Waals surface area contributed by atoms with E-state index in [9.17, 15) is 4.79 Å². The van der Waals surface area contributed by atoms with Crippen LogP contribution in [-0.2, 0) is 0 Å². The Bertz CT molecular complexity index is 602. The fourth-order valence-corrected chi connectivity index (χ4v) is 2.56. The maximum absolute atomic E-state index is 11.8. The molecule has 0 bridgehead atoms. The highest BCUT2D eigenvalue weighted by Gasteiger charge is 2.12. The SMILES string of the molecule is CCCCCCCOc1c(C(C)=O)ccc2ccccc12. The van der Waals surface area contributed by atoms with E-state index in [0.717, 1.165) is 22.9 Å². The van der Waals surface area contributed by atoms with Gasteiger partial charge < -0.3 is 4.74 Å². The van der Waals surface area contributed by atoms with Gasteiger partial charge in [0.25, 0.3) is 0 Å². The number of carbonyl (C=O) groups excluding carboxylic acids is 1. The average Bonchev–Trinajstić information content (AvgIpc) is 2.50. The Kier molecular flexibility index (Phi) is 5.79. The van der Waals surface area contributed by atoms with Crippen LogP contribution in [0.1, 0.15) is 56.3 Å². The highest BCUT2D eigenvalue weighted by atomic mass is 16.5. The van der Waals surface area contributed by atoms with Gasteiger partial charge in [-0.25, -0.2) is 0 Å². The minimum absolute atomic E-state index is 0.0572. The van der Waals surface area contributed by atoms with Gasteiger partial charge in [-0.05, 0) is 24.8 Å². The highest BCUT2D eigenvalue weighted by Crippen LogP contribution is 2.30. The van der Waals surface area contributed by atoms with Crippen LogP contribution in [0.15, 0.2) is 36.4 Å². The van der Waals surface area contributed by atoms with Crippen LogP contribution in [0.25, 0.3) is 10.8 Å². The van der Waals surface area contributed by atoms with E-state index in [4.69, 9.17) is 4.74 Å². The summed E-state index contributed by atoms with van der Waals surface area (Å²) in [6.45, 7) is 4.49. The summed E-state index contributed by atoms with van der Waals surface area (Å²) in [4.78, 5) is 11.8. The van der Waals surface area contributed by atoms with Gasteiger partial charge in [0.1, 0.15) is 5.75 Å². The van der Waals surface area contributed by atoms with Crippen molar-refractivity contribution < 1.29 is 9.53 Å². The topological polar surface area (TPSA) is 26.3 Å². The lowest BCUT2D eigenvalue weighted by Gasteiger charge is -2.13. The molecule has 0 unspecified atom stereocenters. The molecule has 2 rings (SSSR count). The minimum atomic E-state index is 0.0572. The molecule has 0 radical (unpaired) electrons.